The zero-order chi connectivity index (χ0) is 44.7. The van der Waals surface area contributed by atoms with Crippen LogP contribution in [0.1, 0.15) is 90.0 Å². The van der Waals surface area contributed by atoms with Crippen LogP contribution in [0.25, 0.3) is 0 Å². The highest BCUT2D eigenvalue weighted by atomic mass is 19.4. The molecule has 0 spiro atoms. The summed E-state index contributed by atoms with van der Waals surface area (Å²) in [5, 5.41) is 0. The van der Waals surface area contributed by atoms with Gasteiger partial charge in [-0.05, 0) is 90.0 Å². The highest BCUT2D eigenvalue weighted by molar-refractivity contribution is 5.62. The number of ether oxygens (including phenoxy) is 4. The Hall–Kier alpha value is -2.72. The zero-order valence-electron chi connectivity index (χ0n) is 31.0. The Morgan fingerprint density at radius 2 is 0.648 bits per heavy atom. The number of carbonyl (C=O) groups excluding carboxylic acids is 2. The van der Waals surface area contributed by atoms with Crippen LogP contribution >= 0.6 is 0 Å². The summed E-state index contributed by atoms with van der Waals surface area (Å²) in [4.78, 5) is 23.3. The molecule has 0 aliphatic heterocycles. The van der Waals surface area contributed by atoms with Gasteiger partial charge in [-0.3, -0.25) is 0 Å². The van der Waals surface area contributed by atoms with E-state index in [9.17, 15) is 88.6 Å². The van der Waals surface area contributed by atoms with Crippen LogP contribution in [-0.4, -0.2) is 100 Å². The van der Waals surface area contributed by atoms with Gasteiger partial charge in [-0.15, -0.1) is 0 Å². The van der Waals surface area contributed by atoms with Crippen molar-refractivity contribution >= 4 is 12.3 Å². The number of halogens is 18. The minimum atomic E-state index is -6.94. The molecule has 3 unspecified atom stereocenters. The van der Waals surface area contributed by atoms with Gasteiger partial charge in [0.25, 0.3) is 0 Å². The van der Waals surface area contributed by atoms with Gasteiger partial charge in [0.15, 0.2) is 23.0 Å². The minimum absolute atomic E-state index is 0.216. The van der Waals surface area contributed by atoms with Crippen molar-refractivity contribution in [1.29, 1.82) is 0 Å². The molecule has 0 radical (unpaired) electrons. The molecule has 0 rings (SSSR count). The van der Waals surface area contributed by atoms with Crippen molar-refractivity contribution in [3.63, 3.8) is 0 Å². The molecule has 0 amide bonds. The fourth-order valence-corrected chi connectivity index (χ4v) is 3.26. The number of hydrogen-bond donors (Lipinski definition) is 0. The molecule has 0 aromatic carbocycles. The maximum atomic E-state index is 14.2. The Morgan fingerprint density at radius 3 is 0.889 bits per heavy atom. The van der Waals surface area contributed by atoms with E-state index in [1.165, 1.54) is 41.5 Å². The van der Waals surface area contributed by atoms with Crippen LogP contribution in [0.2, 0.25) is 0 Å². The third-order valence-corrected chi connectivity index (χ3v) is 8.62. The van der Waals surface area contributed by atoms with Crippen LogP contribution in [0.4, 0.5) is 88.6 Å². The van der Waals surface area contributed by atoms with E-state index in [2.05, 4.69) is 9.47 Å². The van der Waals surface area contributed by atoms with Crippen molar-refractivity contribution in [2.75, 3.05) is 0 Å². The average molecular weight is 841 g/mol. The van der Waals surface area contributed by atoms with E-state index in [0.717, 1.165) is 13.8 Å². The lowest BCUT2D eigenvalue weighted by molar-refractivity contribution is -0.374. The summed E-state index contributed by atoms with van der Waals surface area (Å²) < 4.78 is 259. The first kappa shape index (κ1) is 53.4. The van der Waals surface area contributed by atoms with Crippen molar-refractivity contribution in [3.05, 3.63) is 0 Å². The van der Waals surface area contributed by atoms with E-state index in [4.69, 9.17) is 9.47 Å². The number of carbonyl (C=O) groups is 2. The molecule has 0 aliphatic carbocycles. The Labute approximate surface area is 298 Å². The lowest BCUT2D eigenvalue weighted by atomic mass is 9.86. The van der Waals surface area contributed by atoms with E-state index in [0.29, 0.717) is 0 Å². The van der Waals surface area contributed by atoms with Crippen LogP contribution in [-0.2, 0) is 18.9 Å². The first-order valence-electron chi connectivity index (χ1n) is 15.1. The van der Waals surface area contributed by atoms with Gasteiger partial charge in [-0.1, -0.05) is 0 Å². The summed E-state index contributed by atoms with van der Waals surface area (Å²) in [5.41, 5.74) is -15.9. The van der Waals surface area contributed by atoms with E-state index in [1.54, 1.807) is 0 Å². The van der Waals surface area contributed by atoms with E-state index in [-0.39, 0.29) is 34.6 Å². The first-order valence-corrected chi connectivity index (χ1v) is 15.1. The number of hydrogen-bond acceptors (Lipinski definition) is 6. The Bertz CT molecular complexity index is 1230. The monoisotopic (exact) mass is 840 g/mol. The molecule has 3 atom stereocenters. The maximum Gasteiger partial charge on any atom is 0.509 e. The predicted molar refractivity (Wildman–Crippen MR) is 153 cm³/mol. The summed E-state index contributed by atoms with van der Waals surface area (Å²) in [7, 11) is 0. The molecule has 6 nitrogen and oxygen atoms in total. The highest BCUT2D eigenvalue weighted by Crippen LogP contribution is 2.55. The van der Waals surface area contributed by atoms with Crippen molar-refractivity contribution in [2.24, 2.45) is 0 Å². The molecule has 0 aliphatic rings. The third-order valence-electron chi connectivity index (χ3n) is 8.62. The fourth-order valence-electron chi connectivity index (χ4n) is 3.26. The maximum absolute atomic E-state index is 14.2. The van der Waals surface area contributed by atoms with Gasteiger partial charge in [0, 0.05) is 0 Å². The lowest BCUT2D eigenvalue weighted by Crippen LogP contribution is -2.67. The van der Waals surface area contributed by atoms with Crippen LogP contribution in [0.15, 0.2) is 0 Å². The Morgan fingerprint density at radius 1 is 0.389 bits per heavy atom. The number of rotatable bonds is 15. The van der Waals surface area contributed by atoms with Gasteiger partial charge in [0.05, 0.1) is 0 Å². The molecule has 54 heavy (non-hydrogen) atoms. The zero-order valence-corrected chi connectivity index (χ0v) is 31.0. The second-order valence-electron chi connectivity index (χ2n) is 14.6. The second-order valence-corrected chi connectivity index (χ2v) is 14.6. The van der Waals surface area contributed by atoms with E-state index < -0.39 is 100 Å². The Balaban J connectivity index is 0. The molecule has 0 saturated carbocycles. The summed E-state index contributed by atoms with van der Waals surface area (Å²) >= 11 is 0. The minimum Gasteiger partial charge on any atom is -0.425 e. The molecule has 0 saturated heterocycles. The summed E-state index contributed by atoms with van der Waals surface area (Å²) in [6.07, 6.45) is -15.3. The van der Waals surface area contributed by atoms with Crippen molar-refractivity contribution < 1.29 is 108 Å². The van der Waals surface area contributed by atoms with Crippen molar-refractivity contribution in [3.8, 4) is 0 Å². The summed E-state index contributed by atoms with van der Waals surface area (Å²) in [5.74, 6) is -38.9. The summed E-state index contributed by atoms with van der Waals surface area (Å²) in [6.45, 7) is 8.48. The molecule has 0 heterocycles. The molecule has 0 aromatic heterocycles. The molecule has 0 N–H and O–H groups in total. The highest BCUT2D eigenvalue weighted by Gasteiger charge is 2.81. The lowest BCUT2D eigenvalue weighted by Gasteiger charge is -2.42. The molecule has 24 heteroatoms. The summed E-state index contributed by atoms with van der Waals surface area (Å²) in [6, 6.07) is 0. The van der Waals surface area contributed by atoms with E-state index >= 15 is 0 Å². The fraction of sp³-hybridized carbons (Fsp3) is 0.933. The number of alkyl halides is 18. The van der Waals surface area contributed by atoms with Gasteiger partial charge >= 0.3 is 54.3 Å². The van der Waals surface area contributed by atoms with Crippen LogP contribution < -0.4 is 0 Å². The largest absolute Gasteiger partial charge is 0.509 e. The van der Waals surface area contributed by atoms with Crippen LogP contribution in [0.3, 0.4) is 0 Å². The average Bonchev–Trinajstić information content (AvgIpc) is 2.90. The quantitative estimate of drug-likeness (QED) is 0.121. The van der Waals surface area contributed by atoms with E-state index in [1.807, 2.05) is 0 Å². The predicted octanol–water partition coefficient (Wildman–Crippen LogP) is 11.7. The van der Waals surface area contributed by atoms with Gasteiger partial charge in [0.2, 0.25) is 0 Å². The molecular formula is C30H42F18O6. The van der Waals surface area contributed by atoms with Crippen molar-refractivity contribution in [1.82, 2.24) is 0 Å². The second kappa shape index (κ2) is 15.7. The van der Waals surface area contributed by atoms with Gasteiger partial charge in [0.1, 0.15) is 23.0 Å². The first-order chi connectivity index (χ1) is 23.0. The van der Waals surface area contributed by atoms with Crippen LogP contribution in [0.5, 0.6) is 0 Å². The molecule has 0 bridgehead atoms. The van der Waals surface area contributed by atoms with Gasteiger partial charge in [-0.25, -0.2) is 35.9 Å². The van der Waals surface area contributed by atoms with Gasteiger partial charge in [-0.2, -0.15) is 52.7 Å². The molecule has 324 valence electrons. The van der Waals surface area contributed by atoms with Crippen molar-refractivity contribution in [2.45, 2.75) is 178 Å². The molecule has 0 fully saturated rings. The normalized spacial score (nSPS) is 17.1. The standard InChI is InChI=1S/C16H17F15O3.C14H25F3O3/c1-6(17)11(20,21)15(28,29)13(24,25)9(2,3)33-8(32)34-10(4,5)14(26,27)16(30,31)12(22,23)7(18)19;1-9(15)14(8,17)13(6,7)20-10(18)19-12(4,5)11(2,3)16/h6-7H,1-5H3;9H,1-8H3. The molecule has 0 aromatic rings. The Kier molecular flexibility index (Phi) is 15.5. The smallest absolute Gasteiger partial charge is 0.425 e. The topological polar surface area (TPSA) is 71.1 Å². The SMILES string of the molecule is CC(F)C(C)(F)C(C)(C)OC(=O)OC(C)(C)C(C)(C)F.CC(F)C(F)(F)C(F)(F)C(F)(F)C(C)(C)OC(=O)OC(C)(C)C(F)(F)C(F)(F)C(F)(F)C(F)F. The molecular weight excluding hydrogens is 798 g/mol. The van der Waals surface area contributed by atoms with Crippen LogP contribution in [0, 0.1) is 0 Å². The van der Waals surface area contributed by atoms with Gasteiger partial charge < -0.3 is 18.9 Å². The third kappa shape index (κ3) is 9.98.